The van der Waals surface area contributed by atoms with Crippen LogP contribution in [0.1, 0.15) is 4.88 Å². The third-order valence-corrected chi connectivity index (χ3v) is 6.22. The largest absolute Gasteiger partial charge is 0.272 e. The van der Waals surface area contributed by atoms with E-state index >= 15 is 0 Å². The molecule has 2 aromatic carbocycles. The molecule has 1 N–H and O–H groups in total. The van der Waals surface area contributed by atoms with Crippen molar-refractivity contribution in [3.05, 3.63) is 81.5 Å². The number of thiophene rings is 1. The molecule has 4 aromatic rings. The average Bonchev–Trinajstić information content (AvgIpc) is 3.43. The van der Waals surface area contributed by atoms with Gasteiger partial charge in [0.05, 0.1) is 12.0 Å². The Bertz CT molecular complexity index is 1160. The molecule has 150 valence electrons. The summed E-state index contributed by atoms with van der Waals surface area (Å²) < 4.78 is 2.91. The van der Waals surface area contributed by atoms with E-state index in [2.05, 4.69) is 36.7 Å². The van der Waals surface area contributed by atoms with Gasteiger partial charge in [-0.15, -0.1) is 21.5 Å². The Balaban J connectivity index is 1.54. The van der Waals surface area contributed by atoms with Crippen LogP contribution in [0.3, 0.4) is 0 Å². The average molecular weight is 498 g/mol. The molecule has 0 saturated carbocycles. The van der Waals surface area contributed by atoms with E-state index in [0.717, 1.165) is 20.6 Å². The smallest absolute Gasteiger partial charge is 0.250 e. The molecule has 0 saturated heterocycles. The standard InChI is InChI=1S/C21H16BrN5OS2/c22-16-7-4-6-15(12-16)20-25-26-21(27(20)17-8-2-1-3-9-17)30-14-19(28)24-23-13-18-10-5-11-29-18/h1-13H,14H2,(H,24,28)/b23-13-. The summed E-state index contributed by atoms with van der Waals surface area (Å²) in [6, 6.07) is 21.6. The Hall–Kier alpha value is -2.75. The van der Waals surface area contributed by atoms with Crippen molar-refractivity contribution in [1.29, 1.82) is 0 Å². The number of hydrogen-bond acceptors (Lipinski definition) is 6. The molecule has 0 atom stereocenters. The number of aromatic nitrogens is 3. The Morgan fingerprint density at radius 2 is 2.00 bits per heavy atom. The van der Waals surface area contributed by atoms with Crippen LogP contribution in [0.15, 0.2) is 86.8 Å². The number of amides is 1. The number of thioether (sulfide) groups is 1. The molecule has 9 heteroatoms. The number of rotatable bonds is 7. The van der Waals surface area contributed by atoms with Gasteiger partial charge in [-0.05, 0) is 35.7 Å². The molecule has 0 aliphatic heterocycles. The number of nitrogens with zero attached hydrogens (tertiary/aromatic N) is 4. The maximum Gasteiger partial charge on any atom is 0.250 e. The lowest BCUT2D eigenvalue weighted by Crippen LogP contribution is -2.19. The van der Waals surface area contributed by atoms with E-state index in [4.69, 9.17) is 0 Å². The highest BCUT2D eigenvalue weighted by molar-refractivity contribution is 9.10. The summed E-state index contributed by atoms with van der Waals surface area (Å²) in [4.78, 5) is 13.2. The van der Waals surface area contributed by atoms with Crippen LogP contribution in [0.5, 0.6) is 0 Å². The SMILES string of the molecule is O=C(CSc1nnc(-c2cccc(Br)c2)n1-c1ccccc1)N/N=C\c1cccs1. The summed E-state index contributed by atoms with van der Waals surface area (Å²) in [5, 5.41) is 15.3. The van der Waals surface area contributed by atoms with Crippen molar-refractivity contribution in [2.45, 2.75) is 5.16 Å². The number of carbonyl (C=O) groups is 1. The molecule has 0 radical (unpaired) electrons. The summed E-state index contributed by atoms with van der Waals surface area (Å²) in [5.41, 5.74) is 4.40. The minimum absolute atomic E-state index is 0.172. The molecule has 0 bridgehead atoms. The van der Waals surface area contributed by atoms with Crippen LogP contribution >= 0.6 is 39.0 Å². The van der Waals surface area contributed by atoms with Gasteiger partial charge in [-0.2, -0.15) is 5.10 Å². The van der Waals surface area contributed by atoms with Crippen LogP contribution in [-0.2, 0) is 4.79 Å². The maximum atomic E-state index is 12.2. The van der Waals surface area contributed by atoms with Gasteiger partial charge in [-0.25, -0.2) is 5.43 Å². The second-order valence-corrected chi connectivity index (χ2v) is 8.92. The molecule has 6 nitrogen and oxygen atoms in total. The van der Waals surface area contributed by atoms with Crippen molar-refractivity contribution in [3.63, 3.8) is 0 Å². The lowest BCUT2D eigenvalue weighted by atomic mass is 10.2. The fourth-order valence-corrected chi connectivity index (χ4v) is 4.41. The Morgan fingerprint density at radius 3 is 2.77 bits per heavy atom. The maximum absolute atomic E-state index is 12.2. The van der Waals surface area contributed by atoms with E-state index in [1.165, 1.54) is 11.8 Å². The van der Waals surface area contributed by atoms with Crippen LogP contribution in [0, 0.1) is 0 Å². The molecule has 0 aliphatic carbocycles. The Kier molecular flexibility index (Phi) is 6.73. The number of nitrogens with one attached hydrogen (secondary N) is 1. The summed E-state index contributed by atoms with van der Waals surface area (Å²) in [7, 11) is 0. The third-order valence-electron chi connectivity index (χ3n) is 3.99. The van der Waals surface area contributed by atoms with Crippen LogP contribution in [0.25, 0.3) is 17.1 Å². The van der Waals surface area contributed by atoms with Gasteiger partial charge >= 0.3 is 0 Å². The van der Waals surface area contributed by atoms with Crippen molar-refractivity contribution in [2.24, 2.45) is 5.10 Å². The first-order valence-electron chi connectivity index (χ1n) is 8.96. The highest BCUT2D eigenvalue weighted by Gasteiger charge is 2.17. The number of benzene rings is 2. The number of halogens is 1. The predicted octanol–water partition coefficient (Wildman–Crippen LogP) is 5.00. The number of hydrazone groups is 1. The van der Waals surface area contributed by atoms with Gasteiger partial charge < -0.3 is 0 Å². The molecular formula is C21H16BrN5OS2. The second kappa shape index (κ2) is 9.84. The van der Waals surface area contributed by atoms with Crippen molar-refractivity contribution < 1.29 is 4.79 Å². The highest BCUT2D eigenvalue weighted by Crippen LogP contribution is 2.29. The van der Waals surface area contributed by atoms with Gasteiger partial charge in [-0.3, -0.25) is 9.36 Å². The minimum Gasteiger partial charge on any atom is -0.272 e. The summed E-state index contributed by atoms with van der Waals surface area (Å²) in [5.74, 6) is 0.672. The van der Waals surface area contributed by atoms with E-state index in [1.807, 2.05) is 76.7 Å². The summed E-state index contributed by atoms with van der Waals surface area (Å²) in [6.45, 7) is 0. The van der Waals surface area contributed by atoms with E-state index < -0.39 is 0 Å². The predicted molar refractivity (Wildman–Crippen MR) is 125 cm³/mol. The molecule has 30 heavy (non-hydrogen) atoms. The van der Waals surface area contributed by atoms with Crippen molar-refractivity contribution in [2.75, 3.05) is 5.75 Å². The quantitative estimate of drug-likeness (QED) is 0.221. The van der Waals surface area contributed by atoms with Gasteiger partial charge in [0.25, 0.3) is 5.91 Å². The molecule has 0 unspecified atom stereocenters. The zero-order valence-electron chi connectivity index (χ0n) is 15.6. The lowest BCUT2D eigenvalue weighted by Gasteiger charge is -2.10. The molecule has 0 aliphatic rings. The zero-order chi connectivity index (χ0) is 20.8. The van der Waals surface area contributed by atoms with Crippen molar-refractivity contribution in [3.8, 4) is 17.1 Å². The molecule has 2 heterocycles. The molecule has 0 spiro atoms. The fraction of sp³-hybridized carbons (Fsp3) is 0.0476. The van der Waals surface area contributed by atoms with Crippen LogP contribution in [0.2, 0.25) is 0 Å². The topological polar surface area (TPSA) is 72.2 Å². The molecule has 4 rings (SSSR count). The van der Waals surface area contributed by atoms with E-state index in [-0.39, 0.29) is 11.7 Å². The number of para-hydroxylation sites is 1. The van der Waals surface area contributed by atoms with Gasteiger partial charge in [0.15, 0.2) is 11.0 Å². The molecule has 2 aromatic heterocycles. The summed E-state index contributed by atoms with van der Waals surface area (Å²) >= 11 is 6.37. The minimum atomic E-state index is -0.209. The monoisotopic (exact) mass is 497 g/mol. The third kappa shape index (κ3) is 5.05. The highest BCUT2D eigenvalue weighted by atomic mass is 79.9. The van der Waals surface area contributed by atoms with Crippen molar-refractivity contribution >= 4 is 51.2 Å². The van der Waals surface area contributed by atoms with E-state index in [9.17, 15) is 4.79 Å². The summed E-state index contributed by atoms with van der Waals surface area (Å²) in [6.07, 6.45) is 1.63. The molecule has 1 amide bonds. The van der Waals surface area contributed by atoms with Crippen LogP contribution in [-0.4, -0.2) is 32.6 Å². The first-order valence-corrected chi connectivity index (χ1v) is 11.6. The van der Waals surface area contributed by atoms with E-state index in [1.54, 1.807) is 17.6 Å². The molecular weight excluding hydrogens is 482 g/mol. The van der Waals surface area contributed by atoms with Gasteiger partial charge in [-0.1, -0.05) is 64.1 Å². The second-order valence-electron chi connectivity index (χ2n) is 6.08. The van der Waals surface area contributed by atoms with Crippen molar-refractivity contribution in [1.82, 2.24) is 20.2 Å². The lowest BCUT2D eigenvalue weighted by molar-refractivity contribution is -0.118. The Morgan fingerprint density at radius 1 is 1.13 bits per heavy atom. The number of hydrogen-bond donors (Lipinski definition) is 1. The van der Waals surface area contributed by atoms with Crippen LogP contribution < -0.4 is 5.43 Å². The van der Waals surface area contributed by atoms with Crippen LogP contribution in [0.4, 0.5) is 0 Å². The first-order chi connectivity index (χ1) is 14.7. The van der Waals surface area contributed by atoms with Gasteiger partial charge in [0, 0.05) is 20.6 Å². The zero-order valence-corrected chi connectivity index (χ0v) is 18.8. The van der Waals surface area contributed by atoms with E-state index in [0.29, 0.717) is 11.0 Å². The molecule has 0 fully saturated rings. The normalized spacial score (nSPS) is 11.1. The van der Waals surface area contributed by atoms with Gasteiger partial charge in [0.2, 0.25) is 0 Å². The first kappa shape index (κ1) is 20.5. The fourth-order valence-electron chi connectivity index (χ4n) is 2.68. The Labute approximate surface area is 190 Å². The van der Waals surface area contributed by atoms with Gasteiger partial charge in [0.1, 0.15) is 0 Å². The number of carbonyl (C=O) groups excluding carboxylic acids is 1.